The highest BCUT2D eigenvalue weighted by Gasteiger charge is 2.23. The van der Waals surface area contributed by atoms with E-state index < -0.39 is 0 Å². The van der Waals surface area contributed by atoms with Gasteiger partial charge in [0.15, 0.2) is 0 Å². The Bertz CT molecular complexity index is 1070. The minimum absolute atomic E-state index is 0.206. The predicted octanol–water partition coefficient (Wildman–Crippen LogP) is 6.74. The summed E-state index contributed by atoms with van der Waals surface area (Å²) in [4.78, 5) is 9.42. The fraction of sp³-hybridized carbons (Fsp3) is 0.308. The summed E-state index contributed by atoms with van der Waals surface area (Å²) in [6.45, 7) is 9.35. The van der Waals surface area contributed by atoms with Gasteiger partial charge in [-0.1, -0.05) is 67.8 Å². The van der Waals surface area contributed by atoms with Crippen molar-refractivity contribution in [2.75, 3.05) is 24.6 Å². The number of fused-ring (bicyclic) bond motifs is 2. The van der Waals surface area contributed by atoms with E-state index in [1.807, 2.05) is 12.4 Å². The maximum absolute atomic E-state index is 4.71. The number of hydrogen-bond donors (Lipinski definition) is 0. The average Bonchev–Trinajstić information content (AvgIpc) is 2.80. The standard InChI is InChI=1S/C26H30N2P2/c1-5-29(6-2)23-15-13-21-19(11-9-17-27-21)25(23)26-20-12-10-18-28-22(20)14-16-24(26)30(7-3)8-4/h9-18H,5-8H2,1-4H3. The molecule has 154 valence electrons. The molecule has 4 rings (SSSR count). The van der Waals surface area contributed by atoms with Gasteiger partial charge >= 0.3 is 0 Å². The largest absolute Gasteiger partial charge is 0.256 e. The Balaban J connectivity index is 2.19. The molecule has 0 saturated carbocycles. The lowest BCUT2D eigenvalue weighted by Gasteiger charge is -2.25. The number of aromatic nitrogens is 2. The minimum atomic E-state index is -0.206. The predicted molar refractivity (Wildman–Crippen MR) is 138 cm³/mol. The quantitative estimate of drug-likeness (QED) is 0.302. The van der Waals surface area contributed by atoms with E-state index in [0.29, 0.717) is 0 Å². The first-order valence-electron chi connectivity index (χ1n) is 11.0. The second kappa shape index (κ2) is 9.51. The third kappa shape index (κ3) is 3.77. The van der Waals surface area contributed by atoms with E-state index in [0.717, 1.165) is 11.0 Å². The molecule has 2 nitrogen and oxygen atoms in total. The van der Waals surface area contributed by atoms with Crippen molar-refractivity contribution in [2.45, 2.75) is 27.7 Å². The summed E-state index contributed by atoms with van der Waals surface area (Å²) in [5.41, 5.74) is 5.00. The first-order chi connectivity index (χ1) is 14.7. The zero-order valence-corrected chi connectivity index (χ0v) is 20.2. The first-order valence-corrected chi connectivity index (χ1v) is 14.4. The van der Waals surface area contributed by atoms with Crippen LogP contribution in [0, 0.1) is 0 Å². The van der Waals surface area contributed by atoms with Crippen LogP contribution < -0.4 is 10.6 Å². The van der Waals surface area contributed by atoms with Gasteiger partial charge in [0.05, 0.1) is 11.0 Å². The summed E-state index contributed by atoms with van der Waals surface area (Å²) in [5, 5.41) is 5.61. The molecule has 2 aromatic carbocycles. The van der Waals surface area contributed by atoms with Crippen molar-refractivity contribution >= 4 is 48.3 Å². The van der Waals surface area contributed by atoms with E-state index in [2.05, 4.69) is 76.2 Å². The fourth-order valence-corrected chi connectivity index (χ4v) is 8.39. The topological polar surface area (TPSA) is 25.8 Å². The highest BCUT2D eigenvalue weighted by molar-refractivity contribution is 7.66. The Morgan fingerprint density at radius 3 is 1.33 bits per heavy atom. The Morgan fingerprint density at radius 2 is 0.967 bits per heavy atom. The molecule has 0 unspecified atom stereocenters. The molecule has 0 atom stereocenters. The van der Waals surface area contributed by atoms with Crippen LogP contribution in [-0.2, 0) is 0 Å². The summed E-state index contributed by atoms with van der Waals surface area (Å²) < 4.78 is 0. The van der Waals surface area contributed by atoms with Gasteiger partial charge in [-0.3, -0.25) is 9.97 Å². The summed E-state index contributed by atoms with van der Waals surface area (Å²) in [6, 6.07) is 17.9. The van der Waals surface area contributed by atoms with Crippen LogP contribution in [-0.4, -0.2) is 34.6 Å². The summed E-state index contributed by atoms with van der Waals surface area (Å²) >= 11 is 0. The molecule has 0 radical (unpaired) electrons. The third-order valence-corrected chi connectivity index (χ3v) is 11.1. The van der Waals surface area contributed by atoms with Gasteiger partial charge in [-0.05, 0) is 59.5 Å². The number of benzene rings is 2. The maximum Gasteiger partial charge on any atom is 0.0708 e. The van der Waals surface area contributed by atoms with Gasteiger partial charge in [0.25, 0.3) is 0 Å². The molecule has 2 aromatic heterocycles. The van der Waals surface area contributed by atoms with Gasteiger partial charge in [0.2, 0.25) is 0 Å². The normalized spacial score (nSPS) is 11.8. The molecule has 0 spiro atoms. The lowest BCUT2D eigenvalue weighted by atomic mass is 9.96. The smallest absolute Gasteiger partial charge is 0.0708 e. The van der Waals surface area contributed by atoms with Crippen LogP contribution in [0.2, 0.25) is 0 Å². The molecule has 4 aromatic rings. The van der Waals surface area contributed by atoms with Crippen LogP contribution in [0.5, 0.6) is 0 Å². The van der Waals surface area contributed by atoms with E-state index >= 15 is 0 Å². The second-order valence-electron chi connectivity index (χ2n) is 7.40. The maximum atomic E-state index is 4.71. The van der Waals surface area contributed by atoms with Crippen molar-refractivity contribution in [2.24, 2.45) is 0 Å². The Hall–Kier alpha value is -1.88. The molecule has 0 aliphatic heterocycles. The highest BCUT2D eigenvalue weighted by atomic mass is 31.1. The van der Waals surface area contributed by atoms with Crippen molar-refractivity contribution < 1.29 is 0 Å². The lowest BCUT2D eigenvalue weighted by molar-refractivity contribution is 1.40. The van der Waals surface area contributed by atoms with Crippen LogP contribution in [0.25, 0.3) is 32.9 Å². The average molecular weight is 432 g/mol. The van der Waals surface area contributed by atoms with E-state index in [9.17, 15) is 0 Å². The molecule has 0 fully saturated rings. The summed E-state index contributed by atoms with van der Waals surface area (Å²) in [7, 11) is -0.411. The van der Waals surface area contributed by atoms with E-state index in [4.69, 9.17) is 9.97 Å². The molecule has 0 aliphatic rings. The Morgan fingerprint density at radius 1 is 0.567 bits per heavy atom. The van der Waals surface area contributed by atoms with Crippen LogP contribution in [0.1, 0.15) is 27.7 Å². The Kier molecular flexibility index (Phi) is 6.77. The van der Waals surface area contributed by atoms with Crippen molar-refractivity contribution in [3.05, 3.63) is 60.9 Å². The molecule has 30 heavy (non-hydrogen) atoms. The van der Waals surface area contributed by atoms with E-state index in [1.165, 1.54) is 57.2 Å². The molecule has 2 heterocycles. The molecule has 0 N–H and O–H groups in total. The summed E-state index contributed by atoms with van der Waals surface area (Å²) in [6.07, 6.45) is 8.65. The lowest BCUT2D eigenvalue weighted by Crippen LogP contribution is -2.16. The van der Waals surface area contributed by atoms with Gasteiger partial charge in [-0.25, -0.2) is 0 Å². The van der Waals surface area contributed by atoms with Crippen LogP contribution in [0.15, 0.2) is 60.9 Å². The van der Waals surface area contributed by atoms with Crippen LogP contribution in [0.3, 0.4) is 0 Å². The zero-order valence-electron chi connectivity index (χ0n) is 18.4. The molecule has 4 heteroatoms. The number of nitrogens with zero attached hydrogens (tertiary/aromatic N) is 2. The van der Waals surface area contributed by atoms with Crippen molar-refractivity contribution in [1.29, 1.82) is 0 Å². The van der Waals surface area contributed by atoms with E-state index in [1.54, 1.807) is 0 Å². The zero-order chi connectivity index (χ0) is 21.1. The minimum Gasteiger partial charge on any atom is -0.256 e. The monoisotopic (exact) mass is 432 g/mol. The molecule has 0 amide bonds. The van der Waals surface area contributed by atoms with Crippen LogP contribution in [0.4, 0.5) is 0 Å². The van der Waals surface area contributed by atoms with Crippen molar-refractivity contribution in [3.63, 3.8) is 0 Å². The second-order valence-corrected chi connectivity index (χ2v) is 13.1. The van der Waals surface area contributed by atoms with Gasteiger partial charge in [-0.15, -0.1) is 0 Å². The molecule has 0 bridgehead atoms. The van der Waals surface area contributed by atoms with Gasteiger partial charge in [0.1, 0.15) is 0 Å². The molecule has 0 saturated heterocycles. The fourth-order valence-electron chi connectivity index (χ4n) is 4.46. The summed E-state index contributed by atoms with van der Waals surface area (Å²) in [5.74, 6) is 0. The SMILES string of the molecule is CCP(CC)c1ccc2ncccc2c1-c1c(P(CC)CC)ccc2ncccc12. The number of hydrogen-bond acceptors (Lipinski definition) is 2. The van der Waals surface area contributed by atoms with Gasteiger partial charge < -0.3 is 0 Å². The number of pyridine rings is 2. The van der Waals surface area contributed by atoms with Gasteiger partial charge in [0, 0.05) is 34.3 Å². The highest BCUT2D eigenvalue weighted by Crippen LogP contribution is 2.45. The van der Waals surface area contributed by atoms with Crippen molar-refractivity contribution in [3.8, 4) is 11.1 Å². The Labute approximate surface area is 182 Å². The van der Waals surface area contributed by atoms with Gasteiger partial charge in [-0.2, -0.15) is 0 Å². The molecular formula is C26H30N2P2. The van der Waals surface area contributed by atoms with Crippen molar-refractivity contribution in [1.82, 2.24) is 9.97 Å². The molecular weight excluding hydrogens is 402 g/mol. The number of rotatable bonds is 7. The third-order valence-electron chi connectivity index (χ3n) is 5.98. The van der Waals surface area contributed by atoms with E-state index in [-0.39, 0.29) is 15.8 Å². The first kappa shape index (κ1) is 21.4. The molecule has 0 aliphatic carbocycles. The van der Waals surface area contributed by atoms with Crippen LogP contribution >= 0.6 is 15.8 Å².